The number of aromatic nitrogens is 3. The molecule has 1 aliphatic carbocycles. The first kappa shape index (κ1) is 24.8. The summed E-state index contributed by atoms with van der Waals surface area (Å²) >= 11 is 6.96. The molecule has 0 aromatic carbocycles. The predicted octanol–water partition coefficient (Wildman–Crippen LogP) is 4.14. The van der Waals surface area contributed by atoms with Crippen molar-refractivity contribution in [2.45, 2.75) is 44.3 Å². The van der Waals surface area contributed by atoms with Crippen molar-refractivity contribution in [3.8, 4) is 0 Å². The fourth-order valence-corrected chi connectivity index (χ4v) is 4.46. The van der Waals surface area contributed by atoms with Gasteiger partial charge in [0.1, 0.15) is 11.0 Å². The lowest BCUT2D eigenvalue weighted by Gasteiger charge is -2.22. The van der Waals surface area contributed by atoms with Crippen LogP contribution < -0.4 is 21.3 Å². The summed E-state index contributed by atoms with van der Waals surface area (Å²) in [6, 6.07) is 0. The number of aliphatic hydroxyl groups is 1. The third kappa shape index (κ3) is 7.64. The molecule has 2 heterocycles. The van der Waals surface area contributed by atoms with Crippen molar-refractivity contribution in [2.75, 3.05) is 29.0 Å². The van der Waals surface area contributed by atoms with Gasteiger partial charge in [-0.1, -0.05) is 37.4 Å². The van der Waals surface area contributed by atoms with Gasteiger partial charge in [-0.25, -0.2) is 0 Å². The number of halogens is 1. The Morgan fingerprint density at radius 3 is 2.39 bits per heavy atom. The number of thioether (sulfide) groups is 1. The maximum atomic E-state index is 11.8. The first-order valence-electron chi connectivity index (χ1n) is 10.8. The Morgan fingerprint density at radius 1 is 1.15 bits per heavy atom. The van der Waals surface area contributed by atoms with Crippen LogP contribution in [-0.2, 0) is 4.79 Å². The number of imide groups is 1. The van der Waals surface area contributed by atoms with E-state index in [0.29, 0.717) is 17.6 Å². The number of hydrogen-bond donors (Lipinski definition) is 5. The van der Waals surface area contributed by atoms with Crippen molar-refractivity contribution in [2.24, 2.45) is 5.92 Å². The Morgan fingerprint density at radius 2 is 1.79 bits per heavy atom. The Bertz CT molecular complexity index is 963. The van der Waals surface area contributed by atoms with Crippen molar-refractivity contribution < 1.29 is 14.7 Å². The molecule has 1 saturated carbocycles. The number of nitrogens with zero attached hydrogens (tertiary/aromatic N) is 3. The fraction of sp³-hybridized carbons (Fsp3) is 0.476. The maximum Gasteiger partial charge on any atom is 0.286 e. The van der Waals surface area contributed by atoms with Gasteiger partial charge in [-0.2, -0.15) is 15.0 Å². The molecule has 1 unspecified atom stereocenters. The lowest BCUT2D eigenvalue weighted by Crippen LogP contribution is -2.29. The minimum Gasteiger partial charge on any atom is -0.507 e. The molecule has 0 bridgehead atoms. The molecule has 1 aromatic heterocycles. The van der Waals surface area contributed by atoms with Gasteiger partial charge in [-0.3, -0.25) is 14.9 Å². The first-order chi connectivity index (χ1) is 15.8. The number of rotatable bonds is 10. The Balaban J connectivity index is 1.72. The highest BCUT2D eigenvalue weighted by Gasteiger charge is 2.31. The van der Waals surface area contributed by atoms with Crippen LogP contribution in [0.2, 0.25) is 0 Å². The molecule has 0 radical (unpaired) electrons. The number of hydrogen-bond acceptors (Lipinski definition) is 10. The summed E-state index contributed by atoms with van der Waals surface area (Å²) in [5, 5.41) is 20.4. The third-order valence-corrected chi connectivity index (χ3v) is 6.50. The topological polar surface area (TPSA) is 141 Å². The molecule has 2 aliphatic rings. The molecule has 2 amide bonds. The van der Waals surface area contributed by atoms with Crippen LogP contribution in [0.25, 0.3) is 0 Å². The fourth-order valence-electron chi connectivity index (χ4n) is 3.47. The van der Waals surface area contributed by atoms with Crippen molar-refractivity contribution >= 4 is 52.4 Å². The second kappa shape index (κ2) is 11.9. The number of nitrogens with one attached hydrogen (secondary N) is 4. The van der Waals surface area contributed by atoms with Crippen LogP contribution in [0.4, 0.5) is 22.6 Å². The standard InChI is InChI=1S/C21H28ClN7O3S/c1-3-15(30)14(22)9-12(2)25-20-28-18(23-10-13-7-5-4-6-8-13)27-19(29-20)24-11-16-17(31)26-21(32)33-16/h3,9,13,16,30H,2,4-8,10-11H2,1H3,(H,26,31,32)(H3,23,24,25,27,28,29)/b14-9+,15-3+. The summed E-state index contributed by atoms with van der Waals surface area (Å²) in [5.74, 6) is 0.967. The van der Waals surface area contributed by atoms with Crippen LogP contribution in [-0.4, -0.2) is 49.5 Å². The van der Waals surface area contributed by atoms with E-state index < -0.39 is 5.25 Å². The van der Waals surface area contributed by atoms with E-state index in [-0.39, 0.29) is 40.4 Å². The van der Waals surface area contributed by atoms with Crippen LogP contribution in [0.15, 0.2) is 35.2 Å². The molecule has 10 nitrogen and oxygen atoms in total. The summed E-state index contributed by atoms with van der Waals surface area (Å²) < 4.78 is 0. The van der Waals surface area contributed by atoms with Gasteiger partial charge in [0.25, 0.3) is 5.24 Å². The summed E-state index contributed by atoms with van der Waals surface area (Å²) in [7, 11) is 0. The molecule has 178 valence electrons. The lowest BCUT2D eigenvalue weighted by atomic mass is 9.89. The van der Waals surface area contributed by atoms with E-state index in [2.05, 4.69) is 42.8 Å². The Labute approximate surface area is 201 Å². The van der Waals surface area contributed by atoms with Gasteiger partial charge in [0.15, 0.2) is 0 Å². The maximum absolute atomic E-state index is 11.8. The van der Waals surface area contributed by atoms with Gasteiger partial charge in [0, 0.05) is 18.8 Å². The summed E-state index contributed by atoms with van der Waals surface area (Å²) in [6.45, 7) is 6.45. The van der Waals surface area contributed by atoms with E-state index in [1.807, 2.05) is 0 Å². The quantitative estimate of drug-likeness (QED) is 0.238. The number of aliphatic hydroxyl groups excluding tert-OH is 1. The monoisotopic (exact) mass is 493 g/mol. The van der Waals surface area contributed by atoms with Gasteiger partial charge in [0.2, 0.25) is 23.8 Å². The summed E-state index contributed by atoms with van der Waals surface area (Å²) in [5.41, 5.74) is 0.361. The molecular weight excluding hydrogens is 466 g/mol. The average molecular weight is 494 g/mol. The molecule has 1 saturated heterocycles. The molecule has 12 heteroatoms. The van der Waals surface area contributed by atoms with Gasteiger partial charge in [-0.15, -0.1) is 0 Å². The minimum atomic E-state index is -0.565. The third-order valence-electron chi connectivity index (χ3n) is 5.21. The largest absolute Gasteiger partial charge is 0.507 e. The van der Waals surface area contributed by atoms with Crippen molar-refractivity contribution in [3.63, 3.8) is 0 Å². The van der Waals surface area contributed by atoms with E-state index in [1.54, 1.807) is 6.92 Å². The zero-order valence-electron chi connectivity index (χ0n) is 18.4. The number of amides is 2. The van der Waals surface area contributed by atoms with E-state index in [4.69, 9.17) is 11.6 Å². The van der Waals surface area contributed by atoms with Crippen LogP contribution in [0, 0.1) is 5.92 Å². The zero-order valence-corrected chi connectivity index (χ0v) is 19.9. The predicted molar refractivity (Wildman–Crippen MR) is 131 cm³/mol. The van der Waals surface area contributed by atoms with Gasteiger partial charge in [0.05, 0.1) is 5.03 Å². The molecule has 5 N–H and O–H groups in total. The number of allylic oxidation sites excluding steroid dienone is 3. The zero-order chi connectivity index (χ0) is 23.8. The Kier molecular flexibility index (Phi) is 8.95. The molecule has 1 atom stereocenters. The van der Waals surface area contributed by atoms with Gasteiger partial charge >= 0.3 is 0 Å². The lowest BCUT2D eigenvalue weighted by molar-refractivity contribution is -0.118. The van der Waals surface area contributed by atoms with Gasteiger partial charge in [-0.05, 0) is 49.6 Å². The van der Waals surface area contributed by atoms with E-state index in [1.165, 1.54) is 44.3 Å². The normalized spacial score (nSPS) is 19.9. The van der Waals surface area contributed by atoms with Crippen molar-refractivity contribution in [3.05, 3.63) is 35.2 Å². The van der Waals surface area contributed by atoms with Gasteiger partial charge < -0.3 is 21.1 Å². The van der Waals surface area contributed by atoms with E-state index in [0.717, 1.165) is 18.3 Å². The van der Waals surface area contributed by atoms with Crippen LogP contribution in [0.1, 0.15) is 39.0 Å². The van der Waals surface area contributed by atoms with Crippen LogP contribution >= 0.6 is 23.4 Å². The minimum absolute atomic E-state index is 0.0747. The second-order valence-electron chi connectivity index (χ2n) is 7.77. The SMILES string of the molecule is C=C(/C=C(Cl)\C(O)=C/C)Nc1nc(NCC2CCCCC2)nc(NCC2SC(=O)NC2=O)n1. The molecular formula is C21H28ClN7O3S. The number of carbonyl (C=O) groups is 2. The second-order valence-corrected chi connectivity index (χ2v) is 9.35. The molecule has 1 aromatic rings. The molecule has 1 aliphatic heterocycles. The van der Waals surface area contributed by atoms with Crippen LogP contribution in [0.5, 0.6) is 0 Å². The Hall–Kier alpha value is -2.79. The summed E-state index contributed by atoms with van der Waals surface area (Å²) in [6.07, 6.45) is 9.00. The van der Waals surface area contributed by atoms with E-state index in [9.17, 15) is 14.7 Å². The average Bonchev–Trinajstić information content (AvgIpc) is 3.12. The molecule has 33 heavy (non-hydrogen) atoms. The highest BCUT2D eigenvalue weighted by atomic mass is 35.5. The van der Waals surface area contributed by atoms with E-state index >= 15 is 0 Å². The first-order valence-corrected chi connectivity index (χ1v) is 12.0. The molecule has 0 spiro atoms. The smallest absolute Gasteiger partial charge is 0.286 e. The highest BCUT2D eigenvalue weighted by molar-refractivity contribution is 8.15. The van der Waals surface area contributed by atoms with Crippen molar-refractivity contribution in [1.82, 2.24) is 20.3 Å². The highest BCUT2D eigenvalue weighted by Crippen LogP contribution is 2.24. The molecule has 3 rings (SSSR count). The number of anilines is 3. The van der Waals surface area contributed by atoms with Crippen LogP contribution in [0.3, 0.4) is 0 Å². The molecule has 2 fully saturated rings. The van der Waals surface area contributed by atoms with Crippen molar-refractivity contribution in [1.29, 1.82) is 0 Å². The number of carbonyl (C=O) groups excluding carboxylic acids is 2. The summed E-state index contributed by atoms with van der Waals surface area (Å²) in [4.78, 5) is 36.3.